The van der Waals surface area contributed by atoms with Crippen LogP contribution in [0, 0.1) is 6.92 Å². The van der Waals surface area contributed by atoms with Gasteiger partial charge >= 0.3 is 0 Å². The van der Waals surface area contributed by atoms with Crippen molar-refractivity contribution in [3.63, 3.8) is 0 Å². The fourth-order valence-electron chi connectivity index (χ4n) is 1.80. The molecule has 0 fully saturated rings. The molecule has 0 aliphatic heterocycles. The molecule has 2 aromatic rings. The van der Waals surface area contributed by atoms with Gasteiger partial charge < -0.3 is 0 Å². The van der Waals surface area contributed by atoms with E-state index >= 15 is 0 Å². The second-order valence-corrected chi connectivity index (χ2v) is 3.66. The zero-order chi connectivity index (χ0) is 11.4. The van der Waals surface area contributed by atoms with E-state index in [0.717, 1.165) is 22.3 Å². The Hall–Kier alpha value is -2.11. The van der Waals surface area contributed by atoms with Gasteiger partial charge in [0.05, 0.1) is 0 Å². The minimum absolute atomic E-state index is 0.948. The molecule has 0 bridgehead atoms. The number of rotatable bonds is 2. The first-order valence-electron chi connectivity index (χ1n) is 5.19. The highest BCUT2D eigenvalue weighted by atomic mass is 16.1. The molecule has 16 heavy (non-hydrogen) atoms. The van der Waals surface area contributed by atoms with Crippen molar-refractivity contribution in [2.75, 3.05) is 0 Å². The van der Waals surface area contributed by atoms with Gasteiger partial charge in [0.2, 0.25) is 0 Å². The van der Waals surface area contributed by atoms with Gasteiger partial charge in [0.15, 0.2) is 0 Å². The van der Waals surface area contributed by atoms with Crippen molar-refractivity contribution in [2.45, 2.75) is 6.92 Å². The maximum Gasteiger partial charge on any atom is 0.125 e. The highest BCUT2D eigenvalue weighted by molar-refractivity contribution is 5.85. The number of carbonyl (C=O) groups excluding carboxylic acids is 1. The summed E-state index contributed by atoms with van der Waals surface area (Å²) in [5.41, 5.74) is 4.23. The Kier molecular flexibility index (Phi) is 3.00. The van der Waals surface area contributed by atoms with E-state index in [-0.39, 0.29) is 0 Å². The van der Waals surface area contributed by atoms with Crippen molar-refractivity contribution >= 4 is 12.0 Å². The number of hydrogen-bond acceptors (Lipinski definition) is 1. The zero-order valence-corrected chi connectivity index (χ0v) is 9.10. The van der Waals surface area contributed by atoms with Crippen LogP contribution in [0.4, 0.5) is 0 Å². The largest absolute Gasteiger partial charge is 0.233 e. The third-order valence-electron chi connectivity index (χ3n) is 2.61. The predicted molar refractivity (Wildman–Crippen MR) is 66.8 cm³/mol. The van der Waals surface area contributed by atoms with Crippen LogP contribution < -0.4 is 0 Å². The molecule has 0 radical (unpaired) electrons. The summed E-state index contributed by atoms with van der Waals surface area (Å²) >= 11 is 0. The minimum Gasteiger partial charge on any atom is -0.233 e. The third kappa shape index (κ3) is 1.95. The lowest BCUT2D eigenvalue weighted by Gasteiger charge is -2.08. The molecule has 0 aliphatic carbocycles. The monoisotopic (exact) mass is 208 g/mol. The van der Waals surface area contributed by atoms with Gasteiger partial charge in [0, 0.05) is 6.08 Å². The van der Waals surface area contributed by atoms with Gasteiger partial charge in [-0.05, 0) is 29.2 Å². The second-order valence-electron chi connectivity index (χ2n) is 3.66. The van der Waals surface area contributed by atoms with E-state index in [0.29, 0.717) is 0 Å². The van der Waals surface area contributed by atoms with Crippen LogP contribution in [0.25, 0.3) is 17.2 Å². The maximum absolute atomic E-state index is 10.5. The van der Waals surface area contributed by atoms with E-state index in [9.17, 15) is 4.79 Å². The summed E-state index contributed by atoms with van der Waals surface area (Å²) in [6.07, 6.45) is 1.50. The molecule has 0 saturated carbocycles. The van der Waals surface area contributed by atoms with E-state index in [2.05, 4.69) is 0 Å². The van der Waals surface area contributed by atoms with Gasteiger partial charge in [0.25, 0.3) is 0 Å². The highest BCUT2D eigenvalue weighted by Crippen LogP contribution is 2.26. The normalized spacial score (nSPS) is 9.56. The number of aryl methyl sites for hydroxylation is 1. The molecule has 0 aromatic heterocycles. The van der Waals surface area contributed by atoms with Gasteiger partial charge in [-0.25, -0.2) is 4.79 Å². The molecule has 0 atom stereocenters. The summed E-state index contributed by atoms with van der Waals surface area (Å²) < 4.78 is 0. The summed E-state index contributed by atoms with van der Waals surface area (Å²) in [6, 6.07) is 16.1. The first-order valence-corrected chi connectivity index (χ1v) is 5.19. The van der Waals surface area contributed by atoms with Crippen LogP contribution in [0.1, 0.15) is 11.1 Å². The van der Waals surface area contributed by atoms with Crippen LogP contribution in [-0.4, -0.2) is 5.94 Å². The van der Waals surface area contributed by atoms with Crippen LogP contribution in [0.15, 0.2) is 48.5 Å². The standard InChI is InChI=1S/C15H12O/c1-12-6-5-9-15(14(12)10-11-16)13-7-3-2-4-8-13/h2-10H,1H3. The Bertz CT molecular complexity index is 535. The van der Waals surface area contributed by atoms with E-state index in [1.54, 1.807) is 0 Å². The topological polar surface area (TPSA) is 17.1 Å². The Balaban J connectivity index is 2.65. The minimum atomic E-state index is 0.948. The van der Waals surface area contributed by atoms with Crippen LogP contribution >= 0.6 is 0 Å². The Morgan fingerprint density at radius 2 is 1.75 bits per heavy atom. The van der Waals surface area contributed by atoms with E-state index in [1.807, 2.05) is 61.4 Å². The summed E-state index contributed by atoms with van der Waals surface area (Å²) in [5.74, 6) is 1.86. The molecule has 1 nitrogen and oxygen atoms in total. The lowest BCUT2D eigenvalue weighted by atomic mass is 9.96. The van der Waals surface area contributed by atoms with Crippen molar-refractivity contribution in [3.8, 4) is 11.1 Å². The van der Waals surface area contributed by atoms with E-state index < -0.39 is 0 Å². The molecule has 0 N–H and O–H groups in total. The van der Waals surface area contributed by atoms with Gasteiger partial charge in [-0.1, -0.05) is 48.5 Å². The summed E-state index contributed by atoms with van der Waals surface area (Å²) in [4.78, 5) is 10.5. The average molecular weight is 208 g/mol. The molecular weight excluding hydrogens is 196 g/mol. The average Bonchev–Trinajstić information content (AvgIpc) is 2.33. The van der Waals surface area contributed by atoms with Crippen LogP contribution in [-0.2, 0) is 4.79 Å². The zero-order valence-electron chi connectivity index (χ0n) is 9.10. The van der Waals surface area contributed by atoms with Crippen molar-refractivity contribution in [1.82, 2.24) is 0 Å². The Morgan fingerprint density at radius 3 is 2.44 bits per heavy atom. The molecule has 78 valence electrons. The molecule has 2 rings (SSSR count). The molecule has 0 heterocycles. The molecule has 0 amide bonds. The van der Waals surface area contributed by atoms with Crippen molar-refractivity contribution < 1.29 is 4.79 Å². The third-order valence-corrected chi connectivity index (χ3v) is 2.61. The first-order chi connectivity index (χ1) is 7.83. The Morgan fingerprint density at radius 1 is 1.00 bits per heavy atom. The quantitative estimate of drug-likeness (QED) is 0.690. The summed E-state index contributed by atoms with van der Waals surface area (Å²) in [6.45, 7) is 2.00. The van der Waals surface area contributed by atoms with Crippen molar-refractivity contribution in [3.05, 3.63) is 59.7 Å². The molecule has 0 unspecified atom stereocenters. The fourth-order valence-corrected chi connectivity index (χ4v) is 1.80. The van der Waals surface area contributed by atoms with Gasteiger partial charge in [-0.3, -0.25) is 0 Å². The van der Waals surface area contributed by atoms with Gasteiger partial charge in [-0.2, -0.15) is 0 Å². The fraction of sp³-hybridized carbons (Fsp3) is 0.0667. The first kappa shape index (κ1) is 10.4. The van der Waals surface area contributed by atoms with Crippen LogP contribution in [0.3, 0.4) is 0 Å². The molecule has 1 heteroatoms. The second kappa shape index (κ2) is 4.61. The lowest BCUT2D eigenvalue weighted by molar-refractivity contribution is 0.570. The molecule has 0 saturated heterocycles. The Labute approximate surface area is 95.1 Å². The van der Waals surface area contributed by atoms with Gasteiger partial charge in [-0.15, -0.1) is 0 Å². The molecule has 2 aromatic carbocycles. The lowest BCUT2D eigenvalue weighted by Crippen LogP contribution is -1.87. The highest BCUT2D eigenvalue weighted by Gasteiger charge is 2.04. The molecule has 0 aliphatic rings. The summed E-state index contributed by atoms with van der Waals surface area (Å²) in [7, 11) is 0. The SMILES string of the molecule is Cc1cccc(-c2ccccc2)c1C=C=O. The van der Waals surface area contributed by atoms with Crippen LogP contribution in [0.5, 0.6) is 0 Å². The van der Waals surface area contributed by atoms with E-state index in [4.69, 9.17) is 0 Å². The smallest absolute Gasteiger partial charge is 0.125 e. The molecule has 0 spiro atoms. The van der Waals surface area contributed by atoms with Crippen molar-refractivity contribution in [1.29, 1.82) is 0 Å². The predicted octanol–water partition coefficient (Wildman–Crippen LogP) is 3.51. The van der Waals surface area contributed by atoms with Gasteiger partial charge in [0.1, 0.15) is 5.94 Å². The van der Waals surface area contributed by atoms with Crippen molar-refractivity contribution in [2.24, 2.45) is 0 Å². The number of hydrogen-bond donors (Lipinski definition) is 0. The van der Waals surface area contributed by atoms with E-state index in [1.165, 1.54) is 6.08 Å². The summed E-state index contributed by atoms with van der Waals surface area (Å²) in [5, 5.41) is 0. The molecular formula is C15H12O. The van der Waals surface area contributed by atoms with Crippen LogP contribution in [0.2, 0.25) is 0 Å². The number of benzene rings is 2. The maximum atomic E-state index is 10.5.